The second kappa shape index (κ2) is 12.0. The van der Waals surface area contributed by atoms with Gasteiger partial charge >= 0.3 is 0 Å². The Balaban J connectivity index is 3.06. The van der Waals surface area contributed by atoms with Gasteiger partial charge in [0.2, 0.25) is 0 Å². The number of nitrogens with two attached hydrogens (primary N) is 1. The Morgan fingerprint density at radius 2 is 1.80 bits per heavy atom. The molecule has 0 saturated heterocycles. The van der Waals surface area contributed by atoms with Crippen molar-refractivity contribution in [3.8, 4) is 0 Å². The SMILES string of the molecule is CCCNCC(C)CCCNCCCN. The second-order valence-electron chi connectivity index (χ2n) is 4.34. The molecule has 92 valence electrons. The highest BCUT2D eigenvalue weighted by Crippen LogP contribution is 2.02. The van der Waals surface area contributed by atoms with Crippen LogP contribution in [-0.2, 0) is 0 Å². The molecule has 1 unspecified atom stereocenters. The third-order valence-corrected chi connectivity index (χ3v) is 2.53. The normalized spacial score (nSPS) is 13.0. The first kappa shape index (κ1) is 14.9. The second-order valence-corrected chi connectivity index (χ2v) is 4.34. The molecule has 0 aromatic heterocycles. The summed E-state index contributed by atoms with van der Waals surface area (Å²) >= 11 is 0. The highest BCUT2D eigenvalue weighted by Gasteiger charge is 2.00. The fourth-order valence-electron chi connectivity index (χ4n) is 1.55. The summed E-state index contributed by atoms with van der Waals surface area (Å²) in [6.45, 7) is 9.85. The van der Waals surface area contributed by atoms with Crippen molar-refractivity contribution < 1.29 is 0 Å². The smallest absolute Gasteiger partial charge is 0.00231 e. The molecule has 0 bridgehead atoms. The predicted octanol–water partition coefficient (Wildman–Crippen LogP) is 1.34. The minimum atomic E-state index is 0.796. The standard InChI is InChI=1S/C12H29N3/c1-3-8-15-11-12(2)6-4-9-14-10-5-7-13/h12,14-15H,3-11,13H2,1-2H3. The van der Waals surface area contributed by atoms with Gasteiger partial charge in [0.1, 0.15) is 0 Å². The first-order valence-corrected chi connectivity index (χ1v) is 6.42. The lowest BCUT2D eigenvalue weighted by molar-refractivity contribution is 0.457. The fraction of sp³-hybridized carbons (Fsp3) is 1.00. The number of nitrogens with one attached hydrogen (secondary N) is 2. The molecule has 0 saturated carbocycles. The Morgan fingerprint density at radius 1 is 1.07 bits per heavy atom. The van der Waals surface area contributed by atoms with E-state index in [1.807, 2.05) is 0 Å². The topological polar surface area (TPSA) is 50.1 Å². The third kappa shape index (κ3) is 11.8. The molecule has 0 heterocycles. The van der Waals surface area contributed by atoms with E-state index >= 15 is 0 Å². The first-order chi connectivity index (χ1) is 7.31. The van der Waals surface area contributed by atoms with Gasteiger partial charge in [0.25, 0.3) is 0 Å². The van der Waals surface area contributed by atoms with E-state index in [-0.39, 0.29) is 0 Å². The van der Waals surface area contributed by atoms with Gasteiger partial charge in [0.15, 0.2) is 0 Å². The molecule has 0 radical (unpaired) electrons. The summed E-state index contributed by atoms with van der Waals surface area (Å²) in [6.07, 6.45) is 4.91. The lowest BCUT2D eigenvalue weighted by Crippen LogP contribution is -2.23. The van der Waals surface area contributed by atoms with Crippen LogP contribution in [0.3, 0.4) is 0 Å². The summed E-state index contributed by atoms with van der Waals surface area (Å²) in [7, 11) is 0. The van der Waals surface area contributed by atoms with E-state index in [1.165, 1.54) is 19.3 Å². The van der Waals surface area contributed by atoms with Gasteiger partial charge < -0.3 is 16.4 Å². The van der Waals surface area contributed by atoms with Gasteiger partial charge in [-0.15, -0.1) is 0 Å². The molecule has 0 aromatic rings. The zero-order chi connectivity index (χ0) is 11.4. The highest BCUT2D eigenvalue weighted by molar-refractivity contribution is 4.58. The van der Waals surface area contributed by atoms with E-state index in [0.29, 0.717) is 0 Å². The Kier molecular flexibility index (Phi) is 11.9. The van der Waals surface area contributed by atoms with Gasteiger partial charge in [0, 0.05) is 0 Å². The monoisotopic (exact) mass is 215 g/mol. The van der Waals surface area contributed by atoms with Crippen LogP contribution in [0, 0.1) is 5.92 Å². The van der Waals surface area contributed by atoms with Crippen LogP contribution < -0.4 is 16.4 Å². The van der Waals surface area contributed by atoms with Crippen LogP contribution in [0.4, 0.5) is 0 Å². The molecule has 3 heteroatoms. The van der Waals surface area contributed by atoms with Crippen molar-refractivity contribution in [2.75, 3.05) is 32.7 Å². The third-order valence-electron chi connectivity index (χ3n) is 2.53. The summed E-state index contributed by atoms with van der Waals surface area (Å²) < 4.78 is 0. The molecule has 0 aliphatic rings. The van der Waals surface area contributed by atoms with Crippen molar-refractivity contribution in [3.63, 3.8) is 0 Å². The molecule has 4 N–H and O–H groups in total. The molecule has 15 heavy (non-hydrogen) atoms. The minimum absolute atomic E-state index is 0.796. The molecule has 0 amide bonds. The van der Waals surface area contributed by atoms with Gasteiger partial charge in [-0.25, -0.2) is 0 Å². The maximum atomic E-state index is 5.41. The van der Waals surface area contributed by atoms with E-state index in [2.05, 4.69) is 24.5 Å². The van der Waals surface area contributed by atoms with Crippen LogP contribution in [0.5, 0.6) is 0 Å². The predicted molar refractivity (Wildman–Crippen MR) is 68.1 cm³/mol. The van der Waals surface area contributed by atoms with Crippen LogP contribution in [0.1, 0.15) is 39.5 Å². The van der Waals surface area contributed by atoms with Crippen molar-refractivity contribution in [2.24, 2.45) is 11.7 Å². The van der Waals surface area contributed by atoms with Gasteiger partial charge in [-0.1, -0.05) is 13.8 Å². The van der Waals surface area contributed by atoms with E-state index < -0.39 is 0 Å². The molecule has 0 aromatic carbocycles. The molecule has 0 fully saturated rings. The summed E-state index contributed by atoms with van der Waals surface area (Å²) in [5, 5.41) is 6.87. The maximum absolute atomic E-state index is 5.41. The quantitative estimate of drug-likeness (QED) is 0.456. The molecular formula is C12H29N3. The molecule has 1 atom stereocenters. The molecule has 0 aliphatic heterocycles. The van der Waals surface area contributed by atoms with Gasteiger partial charge in [-0.3, -0.25) is 0 Å². The summed E-state index contributed by atoms with van der Waals surface area (Å²) in [5.74, 6) is 0.799. The minimum Gasteiger partial charge on any atom is -0.330 e. The van der Waals surface area contributed by atoms with Crippen LogP contribution in [0.15, 0.2) is 0 Å². The van der Waals surface area contributed by atoms with Gasteiger partial charge in [-0.05, 0) is 64.3 Å². The molecule has 3 nitrogen and oxygen atoms in total. The van der Waals surface area contributed by atoms with Crippen molar-refractivity contribution in [2.45, 2.75) is 39.5 Å². The van der Waals surface area contributed by atoms with Crippen LogP contribution in [0.2, 0.25) is 0 Å². The lowest BCUT2D eigenvalue weighted by atomic mass is 10.1. The lowest BCUT2D eigenvalue weighted by Gasteiger charge is -2.12. The number of hydrogen-bond acceptors (Lipinski definition) is 3. The van der Waals surface area contributed by atoms with Gasteiger partial charge in [-0.2, -0.15) is 0 Å². The zero-order valence-corrected chi connectivity index (χ0v) is 10.5. The summed E-state index contributed by atoms with van der Waals surface area (Å²) in [4.78, 5) is 0. The zero-order valence-electron chi connectivity index (χ0n) is 10.5. The Morgan fingerprint density at radius 3 is 2.47 bits per heavy atom. The first-order valence-electron chi connectivity index (χ1n) is 6.42. The van der Waals surface area contributed by atoms with E-state index in [0.717, 1.165) is 45.1 Å². The average molecular weight is 215 g/mol. The van der Waals surface area contributed by atoms with E-state index in [1.54, 1.807) is 0 Å². The Bertz CT molecular complexity index is 117. The fourth-order valence-corrected chi connectivity index (χ4v) is 1.55. The molecule has 0 aliphatic carbocycles. The molecule has 0 rings (SSSR count). The van der Waals surface area contributed by atoms with Crippen LogP contribution in [-0.4, -0.2) is 32.7 Å². The average Bonchev–Trinajstić information content (AvgIpc) is 2.23. The largest absolute Gasteiger partial charge is 0.330 e. The summed E-state index contributed by atoms with van der Waals surface area (Å²) in [5.41, 5.74) is 5.41. The van der Waals surface area contributed by atoms with Crippen molar-refractivity contribution in [1.82, 2.24) is 10.6 Å². The van der Waals surface area contributed by atoms with E-state index in [9.17, 15) is 0 Å². The highest BCUT2D eigenvalue weighted by atomic mass is 14.9. The Hall–Kier alpha value is -0.120. The van der Waals surface area contributed by atoms with Crippen molar-refractivity contribution in [3.05, 3.63) is 0 Å². The van der Waals surface area contributed by atoms with Crippen molar-refractivity contribution >= 4 is 0 Å². The van der Waals surface area contributed by atoms with Crippen LogP contribution >= 0.6 is 0 Å². The Labute approximate surface area is 95.2 Å². The van der Waals surface area contributed by atoms with Crippen molar-refractivity contribution in [1.29, 1.82) is 0 Å². The molecule has 0 spiro atoms. The van der Waals surface area contributed by atoms with E-state index in [4.69, 9.17) is 5.73 Å². The maximum Gasteiger partial charge on any atom is -0.00231 e. The van der Waals surface area contributed by atoms with Gasteiger partial charge in [0.05, 0.1) is 0 Å². The number of hydrogen-bond donors (Lipinski definition) is 3. The summed E-state index contributed by atoms with van der Waals surface area (Å²) in [6, 6.07) is 0. The number of rotatable bonds is 11. The molecular weight excluding hydrogens is 186 g/mol. The van der Waals surface area contributed by atoms with Crippen LogP contribution in [0.25, 0.3) is 0 Å².